The number of carbonyl (C=O) groups is 1. The summed E-state index contributed by atoms with van der Waals surface area (Å²) in [5, 5.41) is 14.1. The van der Waals surface area contributed by atoms with Crippen LogP contribution in [0.2, 0.25) is 0 Å². The lowest BCUT2D eigenvalue weighted by molar-refractivity contribution is -0.870. The quantitative estimate of drug-likeness (QED) is 0.0243. The topological polar surface area (TPSA) is 105 Å². The summed E-state index contributed by atoms with van der Waals surface area (Å²) in [6, 6.07) is -0.845. The van der Waals surface area contributed by atoms with E-state index in [-0.39, 0.29) is 19.1 Å². The van der Waals surface area contributed by atoms with E-state index in [9.17, 15) is 19.4 Å². The van der Waals surface area contributed by atoms with Crippen molar-refractivity contribution in [2.24, 2.45) is 0 Å². The Bertz CT molecular complexity index is 1420. The van der Waals surface area contributed by atoms with Gasteiger partial charge in [-0.25, -0.2) is 4.57 Å². The SMILES string of the molecule is CCCCCCCCCCCCCCCCCCCCCCCCCCCCCC/C=C/C(O)C(COP(=O)(O)OCC[N+](C)(C)C)NC(=O)CCCCCCCCCCCCCCCCCCCCCCCCCCCCCCCCCCCCC. The highest BCUT2D eigenvalue weighted by molar-refractivity contribution is 7.47. The van der Waals surface area contributed by atoms with Gasteiger partial charge in [-0.15, -0.1) is 0 Å². The molecule has 1 amide bonds. The second-order valence-electron chi connectivity index (χ2n) is 28.8. The Balaban J connectivity index is 3.94. The van der Waals surface area contributed by atoms with Crippen LogP contribution in [0.1, 0.15) is 431 Å². The number of allylic oxidation sites excluding steroid dienone is 1. The summed E-state index contributed by atoms with van der Waals surface area (Å²) in [5.74, 6) is -0.165. The first-order valence-corrected chi connectivity index (χ1v) is 41.1. The molecule has 0 spiro atoms. The monoisotopic (exact) mass is 1250 g/mol. The number of aliphatic hydroxyl groups is 1. The van der Waals surface area contributed by atoms with Crippen LogP contribution >= 0.6 is 7.82 Å². The number of phosphoric acid groups is 1. The Hall–Kier alpha value is -0.760. The van der Waals surface area contributed by atoms with Crippen molar-refractivity contribution in [1.29, 1.82) is 0 Å². The molecule has 3 unspecified atom stereocenters. The van der Waals surface area contributed by atoms with Crippen molar-refractivity contribution in [2.75, 3.05) is 40.9 Å². The summed E-state index contributed by atoms with van der Waals surface area (Å²) in [7, 11) is 1.60. The number of aliphatic hydroxyl groups excluding tert-OH is 1. The lowest BCUT2D eigenvalue weighted by atomic mass is 10.0. The van der Waals surface area contributed by atoms with E-state index in [0.717, 1.165) is 32.1 Å². The lowest BCUT2D eigenvalue weighted by Gasteiger charge is -2.25. The molecule has 3 atom stereocenters. The molecular weight excluding hydrogens is 1090 g/mol. The maximum atomic E-state index is 13.1. The molecule has 0 aliphatic heterocycles. The van der Waals surface area contributed by atoms with Crippen LogP contribution in [0, 0.1) is 0 Å². The highest BCUT2D eigenvalue weighted by atomic mass is 31.2. The minimum atomic E-state index is -4.35. The van der Waals surface area contributed by atoms with Crippen molar-refractivity contribution < 1.29 is 32.9 Å². The number of unbranched alkanes of at least 4 members (excludes halogenated alkanes) is 62. The minimum absolute atomic E-state index is 0.0657. The van der Waals surface area contributed by atoms with Gasteiger partial charge in [0.25, 0.3) is 0 Å². The van der Waals surface area contributed by atoms with Crippen LogP contribution in [0.3, 0.4) is 0 Å². The first-order chi connectivity index (χ1) is 42.5. The summed E-state index contributed by atoms with van der Waals surface area (Å²) >= 11 is 0. The van der Waals surface area contributed by atoms with Crippen molar-refractivity contribution in [3.8, 4) is 0 Å². The molecule has 9 heteroatoms. The first-order valence-electron chi connectivity index (χ1n) is 39.6. The molecule has 0 aromatic carbocycles. The molecule has 0 aromatic rings. The molecule has 8 nitrogen and oxygen atoms in total. The molecule has 0 saturated heterocycles. The predicted molar refractivity (Wildman–Crippen MR) is 383 cm³/mol. The Morgan fingerprint density at radius 2 is 0.609 bits per heavy atom. The molecule has 0 saturated carbocycles. The van der Waals surface area contributed by atoms with Crippen molar-refractivity contribution in [3.63, 3.8) is 0 Å². The van der Waals surface area contributed by atoms with Crippen LogP contribution in [0.15, 0.2) is 12.2 Å². The van der Waals surface area contributed by atoms with Crippen LogP contribution in [0.25, 0.3) is 0 Å². The molecule has 0 aromatic heterocycles. The third kappa shape index (κ3) is 72.5. The van der Waals surface area contributed by atoms with E-state index in [1.54, 1.807) is 6.08 Å². The fourth-order valence-corrected chi connectivity index (χ4v) is 13.4. The Kier molecular flexibility index (Phi) is 69.0. The zero-order valence-electron chi connectivity index (χ0n) is 59.8. The summed E-state index contributed by atoms with van der Waals surface area (Å²) in [6.45, 7) is 4.90. The number of carbonyl (C=O) groups excluding carboxylic acids is 1. The second-order valence-corrected chi connectivity index (χ2v) is 30.3. The largest absolute Gasteiger partial charge is 0.472 e. The van der Waals surface area contributed by atoms with Crippen LogP contribution in [0.4, 0.5) is 0 Å². The minimum Gasteiger partial charge on any atom is -0.387 e. The van der Waals surface area contributed by atoms with E-state index in [1.807, 2.05) is 27.2 Å². The number of nitrogens with one attached hydrogen (secondary N) is 1. The fraction of sp³-hybridized carbons (Fsp3) is 0.962. The number of rotatable bonds is 75. The molecule has 0 bridgehead atoms. The molecule has 0 radical (unpaired) electrons. The third-order valence-corrected chi connectivity index (χ3v) is 19.7. The van der Waals surface area contributed by atoms with Crippen LogP contribution in [0.5, 0.6) is 0 Å². The molecule has 3 N–H and O–H groups in total. The van der Waals surface area contributed by atoms with Crippen LogP contribution in [-0.4, -0.2) is 73.4 Å². The second kappa shape index (κ2) is 69.6. The van der Waals surface area contributed by atoms with Gasteiger partial charge < -0.3 is 19.8 Å². The number of nitrogens with zero attached hydrogens (tertiary/aromatic N) is 1. The third-order valence-electron chi connectivity index (χ3n) is 18.8. The Labute approximate surface area is 545 Å². The zero-order chi connectivity index (χ0) is 63.4. The molecular formula is C78H158N2O6P+. The predicted octanol–water partition coefficient (Wildman–Crippen LogP) is 25.6. The molecule has 0 aliphatic rings. The number of likely N-dealkylation sites (N-methyl/N-ethyl adjacent to an activating group) is 1. The van der Waals surface area contributed by atoms with Gasteiger partial charge in [0.05, 0.1) is 39.9 Å². The van der Waals surface area contributed by atoms with Crippen LogP contribution in [-0.2, 0) is 18.4 Å². The van der Waals surface area contributed by atoms with E-state index in [2.05, 4.69) is 19.2 Å². The standard InChI is InChI=1S/C78H157N2O6P/c1-6-8-10-12-14-16-18-20-22-24-26-28-30-32-34-36-38-39-40-41-42-44-46-48-50-52-54-56-58-60-62-64-66-68-70-72-78(82)79-76(75-86-87(83,84)85-74-73-80(3,4)5)77(81)71-69-67-65-63-61-59-57-55-53-51-49-47-45-43-37-35-33-31-29-27-25-23-21-19-17-15-13-11-9-7-2/h69,71,76-77,81H,6-68,70,72-75H2,1-5H3,(H-,79,82,83,84)/p+1/b71-69+. The molecule has 0 heterocycles. The molecule has 87 heavy (non-hydrogen) atoms. The van der Waals surface area contributed by atoms with Gasteiger partial charge in [0.2, 0.25) is 5.91 Å². The Morgan fingerprint density at radius 1 is 0.379 bits per heavy atom. The van der Waals surface area contributed by atoms with Gasteiger partial charge in [-0.2, -0.15) is 0 Å². The molecule has 0 aliphatic carbocycles. The van der Waals surface area contributed by atoms with E-state index in [0.29, 0.717) is 17.4 Å². The molecule has 0 rings (SSSR count). The van der Waals surface area contributed by atoms with Crippen molar-refractivity contribution >= 4 is 13.7 Å². The van der Waals surface area contributed by atoms with Crippen molar-refractivity contribution in [3.05, 3.63) is 12.2 Å². The highest BCUT2D eigenvalue weighted by Gasteiger charge is 2.28. The average molecular weight is 1250 g/mol. The fourth-order valence-electron chi connectivity index (χ4n) is 12.6. The number of phosphoric ester groups is 1. The average Bonchev–Trinajstić information content (AvgIpc) is 3.70. The van der Waals surface area contributed by atoms with Gasteiger partial charge in [0, 0.05) is 6.42 Å². The van der Waals surface area contributed by atoms with E-state index >= 15 is 0 Å². The van der Waals surface area contributed by atoms with Gasteiger partial charge in [-0.05, 0) is 19.3 Å². The van der Waals surface area contributed by atoms with Gasteiger partial charge in [0.15, 0.2) is 0 Å². The maximum absolute atomic E-state index is 13.1. The maximum Gasteiger partial charge on any atom is 0.472 e. The number of hydrogen-bond donors (Lipinski definition) is 3. The van der Waals surface area contributed by atoms with Crippen molar-refractivity contribution in [1.82, 2.24) is 5.32 Å². The lowest BCUT2D eigenvalue weighted by Crippen LogP contribution is -2.45. The smallest absolute Gasteiger partial charge is 0.387 e. The van der Waals surface area contributed by atoms with E-state index in [4.69, 9.17) is 9.05 Å². The number of hydrogen-bond acceptors (Lipinski definition) is 5. The van der Waals surface area contributed by atoms with Crippen molar-refractivity contribution in [2.45, 2.75) is 443 Å². The van der Waals surface area contributed by atoms with Gasteiger partial charge in [-0.1, -0.05) is 418 Å². The van der Waals surface area contributed by atoms with Crippen LogP contribution < -0.4 is 5.32 Å². The zero-order valence-corrected chi connectivity index (χ0v) is 60.7. The van der Waals surface area contributed by atoms with Gasteiger partial charge in [-0.3, -0.25) is 13.8 Å². The van der Waals surface area contributed by atoms with Gasteiger partial charge in [0.1, 0.15) is 13.2 Å². The van der Waals surface area contributed by atoms with E-state index < -0.39 is 20.0 Å². The summed E-state index contributed by atoms with van der Waals surface area (Å²) < 4.78 is 23.9. The Morgan fingerprint density at radius 3 is 0.851 bits per heavy atom. The van der Waals surface area contributed by atoms with E-state index in [1.165, 1.54) is 379 Å². The summed E-state index contributed by atoms with van der Waals surface area (Å²) in [5.41, 5.74) is 0. The first kappa shape index (κ1) is 86.2. The number of amides is 1. The van der Waals surface area contributed by atoms with Gasteiger partial charge >= 0.3 is 7.82 Å². The summed E-state index contributed by atoms with van der Waals surface area (Å²) in [4.78, 5) is 23.5. The number of quaternary nitrogens is 1. The molecule has 0 fully saturated rings. The normalized spacial score (nSPS) is 13.5. The molecule has 520 valence electrons. The highest BCUT2D eigenvalue weighted by Crippen LogP contribution is 2.43. The summed E-state index contributed by atoms with van der Waals surface area (Å²) in [6.07, 6.45) is 91.2.